The van der Waals surface area contributed by atoms with Crippen LogP contribution in [0.1, 0.15) is 49.7 Å². The molecule has 0 radical (unpaired) electrons. The summed E-state index contributed by atoms with van der Waals surface area (Å²) in [7, 11) is 4.31. The highest BCUT2D eigenvalue weighted by Gasteiger charge is 1.97. The van der Waals surface area contributed by atoms with E-state index in [1.807, 2.05) is 0 Å². The maximum absolute atomic E-state index is 2.28. The summed E-state index contributed by atoms with van der Waals surface area (Å²) in [5, 5.41) is 0. The number of aryl methyl sites for hydroxylation is 2. The van der Waals surface area contributed by atoms with Gasteiger partial charge in [-0.1, -0.05) is 49.9 Å². The van der Waals surface area contributed by atoms with Gasteiger partial charge in [0.1, 0.15) is 0 Å². The molecule has 0 amide bonds. The predicted molar refractivity (Wildman–Crippen MR) is 88.4 cm³/mol. The highest BCUT2D eigenvalue weighted by molar-refractivity contribution is 5.85. The molecule has 0 fully saturated rings. The first kappa shape index (κ1) is 18.5. The second-order valence-corrected chi connectivity index (χ2v) is 5.60. The van der Waals surface area contributed by atoms with Crippen LogP contribution in [0.15, 0.2) is 24.3 Å². The lowest BCUT2D eigenvalue weighted by Gasteiger charge is -2.08. The lowest BCUT2D eigenvalue weighted by molar-refractivity contribution is 0.389. The number of nitrogens with zero attached hydrogens (tertiary/aromatic N) is 1. The molecule has 0 atom stereocenters. The van der Waals surface area contributed by atoms with Gasteiger partial charge in [0.15, 0.2) is 0 Å². The molecule has 2 heteroatoms. The Labute approximate surface area is 125 Å². The maximum atomic E-state index is 2.28. The van der Waals surface area contributed by atoms with Crippen molar-refractivity contribution in [2.45, 2.75) is 51.9 Å². The summed E-state index contributed by atoms with van der Waals surface area (Å²) in [6.45, 7) is 3.46. The summed E-state index contributed by atoms with van der Waals surface area (Å²) < 4.78 is 0. The van der Waals surface area contributed by atoms with E-state index >= 15 is 0 Å². The van der Waals surface area contributed by atoms with Crippen LogP contribution in [0.25, 0.3) is 0 Å². The monoisotopic (exact) mass is 283 g/mol. The predicted octanol–water partition coefficient (Wildman–Crippen LogP) is 4.86. The molecule has 0 bridgehead atoms. The van der Waals surface area contributed by atoms with Gasteiger partial charge in [-0.25, -0.2) is 0 Å². The Morgan fingerprint density at radius 1 is 0.842 bits per heavy atom. The fourth-order valence-electron chi connectivity index (χ4n) is 2.34. The third kappa shape index (κ3) is 9.07. The van der Waals surface area contributed by atoms with Crippen LogP contribution >= 0.6 is 12.4 Å². The summed E-state index contributed by atoms with van der Waals surface area (Å²) >= 11 is 0. The first-order valence-electron chi connectivity index (χ1n) is 7.39. The zero-order valence-electron chi connectivity index (χ0n) is 12.8. The van der Waals surface area contributed by atoms with Crippen molar-refractivity contribution in [1.29, 1.82) is 0 Å². The molecule has 0 saturated heterocycles. The Morgan fingerprint density at radius 2 is 1.42 bits per heavy atom. The number of halogens is 1. The quantitative estimate of drug-likeness (QED) is 0.585. The fraction of sp³-hybridized carbons (Fsp3) is 0.647. The highest BCUT2D eigenvalue weighted by atomic mass is 35.5. The summed E-state index contributed by atoms with van der Waals surface area (Å²) in [6, 6.07) is 8.77. The van der Waals surface area contributed by atoms with Crippen molar-refractivity contribution in [3.8, 4) is 0 Å². The van der Waals surface area contributed by atoms with Crippen LogP contribution in [0.2, 0.25) is 0 Å². The van der Waals surface area contributed by atoms with E-state index in [4.69, 9.17) is 0 Å². The Balaban J connectivity index is 0.00000324. The summed E-state index contributed by atoms with van der Waals surface area (Å²) in [6.07, 6.45) is 9.54. The minimum atomic E-state index is 0. The van der Waals surface area contributed by atoms with Crippen LogP contribution in [0, 0.1) is 6.92 Å². The number of unbranched alkanes of at least 4 members (excludes halogenated alkanes) is 5. The molecule has 19 heavy (non-hydrogen) atoms. The first-order valence-corrected chi connectivity index (χ1v) is 7.39. The highest BCUT2D eigenvalue weighted by Crippen LogP contribution is 2.13. The molecule has 110 valence electrons. The summed E-state index contributed by atoms with van der Waals surface area (Å²) in [5.74, 6) is 0. The van der Waals surface area contributed by atoms with Gasteiger partial charge in [0.05, 0.1) is 0 Å². The lowest BCUT2D eigenvalue weighted by Crippen LogP contribution is -2.12. The third-order valence-corrected chi connectivity index (χ3v) is 3.56. The van der Waals surface area contributed by atoms with Crippen molar-refractivity contribution in [1.82, 2.24) is 4.90 Å². The van der Waals surface area contributed by atoms with Gasteiger partial charge in [0.25, 0.3) is 0 Å². The standard InChI is InChI=1S/C17H29N.ClH/c1-16-12-9-10-14-17(16)13-8-6-4-5-7-11-15-18(2)3;/h9-10,12,14H,4-8,11,13,15H2,1-3H3;1H. The normalized spacial score (nSPS) is 10.5. The van der Waals surface area contributed by atoms with Crippen LogP contribution in [0.4, 0.5) is 0 Å². The summed E-state index contributed by atoms with van der Waals surface area (Å²) in [5.41, 5.74) is 2.98. The maximum Gasteiger partial charge on any atom is -0.00248 e. The average Bonchev–Trinajstić information content (AvgIpc) is 2.34. The molecule has 0 aliphatic heterocycles. The van der Waals surface area contributed by atoms with E-state index in [0.29, 0.717) is 0 Å². The zero-order chi connectivity index (χ0) is 13.2. The van der Waals surface area contributed by atoms with Crippen molar-refractivity contribution >= 4 is 12.4 Å². The summed E-state index contributed by atoms with van der Waals surface area (Å²) in [4.78, 5) is 2.28. The Hall–Kier alpha value is -0.530. The largest absolute Gasteiger partial charge is 0.309 e. The van der Waals surface area contributed by atoms with E-state index in [1.165, 1.54) is 62.6 Å². The van der Waals surface area contributed by atoms with Gasteiger partial charge in [0.2, 0.25) is 0 Å². The van der Waals surface area contributed by atoms with Gasteiger partial charge < -0.3 is 4.90 Å². The SMILES string of the molecule is Cc1ccccc1CCCCCCCCN(C)C.Cl. The van der Waals surface area contributed by atoms with Crippen LogP contribution in [-0.4, -0.2) is 25.5 Å². The Bertz CT molecular complexity index is 323. The van der Waals surface area contributed by atoms with E-state index < -0.39 is 0 Å². The van der Waals surface area contributed by atoms with Gasteiger partial charge in [0, 0.05) is 0 Å². The van der Waals surface area contributed by atoms with Crippen LogP contribution in [-0.2, 0) is 6.42 Å². The van der Waals surface area contributed by atoms with Crippen LogP contribution in [0.3, 0.4) is 0 Å². The number of benzene rings is 1. The molecule has 0 heterocycles. The smallest absolute Gasteiger partial charge is 0.00248 e. The molecule has 1 aromatic rings. The van der Waals surface area contributed by atoms with E-state index in [-0.39, 0.29) is 12.4 Å². The average molecular weight is 284 g/mol. The number of rotatable bonds is 9. The molecule has 1 nitrogen and oxygen atoms in total. The van der Waals surface area contributed by atoms with Crippen molar-refractivity contribution in [3.05, 3.63) is 35.4 Å². The van der Waals surface area contributed by atoms with Gasteiger partial charge in [-0.15, -0.1) is 12.4 Å². The molecule has 1 rings (SSSR count). The number of hydrogen-bond donors (Lipinski definition) is 0. The van der Waals surface area contributed by atoms with E-state index in [2.05, 4.69) is 50.2 Å². The lowest BCUT2D eigenvalue weighted by atomic mass is 10.0. The molecular formula is C17H30ClN. The van der Waals surface area contributed by atoms with Gasteiger partial charge >= 0.3 is 0 Å². The van der Waals surface area contributed by atoms with Crippen molar-refractivity contribution < 1.29 is 0 Å². The second-order valence-electron chi connectivity index (χ2n) is 5.60. The molecule has 0 N–H and O–H groups in total. The molecule has 0 aromatic heterocycles. The molecule has 0 spiro atoms. The van der Waals surface area contributed by atoms with Gasteiger partial charge in [-0.3, -0.25) is 0 Å². The van der Waals surface area contributed by atoms with Crippen LogP contribution < -0.4 is 0 Å². The van der Waals surface area contributed by atoms with E-state index in [0.717, 1.165) is 0 Å². The molecule has 0 unspecified atom stereocenters. The topological polar surface area (TPSA) is 3.24 Å². The van der Waals surface area contributed by atoms with E-state index in [1.54, 1.807) is 0 Å². The van der Waals surface area contributed by atoms with Crippen molar-refractivity contribution in [2.24, 2.45) is 0 Å². The second kappa shape index (κ2) is 11.3. The van der Waals surface area contributed by atoms with E-state index in [9.17, 15) is 0 Å². The molecular weight excluding hydrogens is 254 g/mol. The minimum absolute atomic E-state index is 0. The first-order chi connectivity index (χ1) is 8.70. The van der Waals surface area contributed by atoms with Crippen molar-refractivity contribution in [2.75, 3.05) is 20.6 Å². The van der Waals surface area contributed by atoms with Gasteiger partial charge in [-0.05, 0) is 58.0 Å². The molecule has 0 aliphatic rings. The van der Waals surface area contributed by atoms with Gasteiger partial charge in [-0.2, -0.15) is 0 Å². The number of hydrogen-bond acceptors (Lipinski definition) is 1. The van der Waals surface area contributed by atoms with Crippen LogP contribution in [0.5, 0.6) is 0 Å². The molecule has 0 aliphatic carbocycles. The third-order valence-electron chi connectivity index (χ3n) is 3.56. The fourth-order valence-corrected chi connectivity index (χ4v) is 2.34. The Kier molecular flexibility index (Phi) is 11.0. The molecule has 1 aromatic carbocycles. The minimum Gasteiger partial charge on any atom is -0.309 e. The molecule has 0 saturated carbocycles. The van der Waals surface area contributed by atoms with Crippen molar-refractivity contribution in [3.63, 3.8) is 0 Å². The Morgan fingerprint density at radius 3 is 2.05 bits per heavy atom. The zero-order valence-corrected chi connectivity index (χ0v) is 13.6.